The molecule has 4 rings (SSSR count). The van der Waals surface area contributed by atoms with E-state index in [0.29, 0.717) is 0 Å². The van der Waals surface area contributed by atoms with Crippen molar-refractivity contribution in [2.75, 3.05) is 6.61 Å². The van der Waals surface area contributed by atoms with Crippen LogP contribution in [0.3, 0.4) is 0 Å². The van der Waals surface area contributed by atoms with Crippen LogP contribution in [0.25, 0.3) is 22.8 Å². The van der Waals surface area contributed by atoms with Gasteiger partial charge in [-0.2, -0.15) is 0 Å². The van der Waals surface area contributed by atoms with Crippen LogP contribution >= 0.6 is 0 Å². The SMILES string of the molecule is c1ccc(-c2ncn(C[C@H]3CCCO3)c2-c2ncc[nH]2)cc1. The molecule has 0 spiro atoms. The average Bonchev–Trinajstić information content (AvgIpc) is 3.30. The summed E-state index contributed by atoms with van der Waals surface area (Å²) in [6.45, 7) is 1.68. The van der Waals surface area contributed by atoms with Crippen molar-refractivity contribution < 1.29 is 4.74 Å². The van der Waals surface area contributed by atoms with Gasteiger partial charge in [0.25, 0.3) is 0 Å². The van der Waals surface area contributed by atoms with Crippen LogP contribution in [0.15, 0.2) is 49.1 Å². The average molecular weight is 294 g/mol. The van der Waals surface area contributed by atoms with E-state index >= 15 is 0 Å². The number of hydrogen-bond donors (Lipinski definition) is 1. The Balaban J connectivity index is 1.77. The second kappa shape index (κ2) is 5.77. The second-order valence-corrected chi connectivity index (χ2v) is 5.53. The summed E-state index contributed by atoms with van der Waals surface area (Å²) in [5.41, 5.74) is 3.07. The van der Waals surface area contributed by atoms with Crippen molar-refractivity contribution in [1.29, 1.82) is 0 Å². The summed E-state index contributed by atoms with van der Waals surface area (Å²) < 4.78 is 7.91. The molecule has 0 radical (unpaired) electrons. The highest BCUT2D eigenvalue weighted by molar-refractivity contribution is 5.75. The summed E-state index contributed by atoms with van der Waals surface area (Å²) in [6, 6.07) is 10.2. The summed E-state index contributed by atoms with van der Waals surface area (Å²) in [4.78, 5) is 12.3. The Bertz CT molecular complexity index is 727. The normalized spacial score (nSPS) is 17.9. The molecule has 2 aromatic heterocycles. The van der Waals surface area contributed by atoms with Gasteiger partial charge in [0.05, 0.1) is 24.7 Å². The molecule has 0 bridgehead atoms. The number of H-pyrrole nitrogens is 1. The summed E-state index contributed by atoms with van der Waals surface area (Å²) in [5, 5.41) is 0. The molecule has 1 N–H and O–H groups in total. The number of hydrogen-bond acceptors (Lipinski definition) is 3. The third kappa shape index (κ3) is 2.44. The zero-order valence-electron chi connectivity index (χ0n) is 12.3. The second-order valence-electron chi connectivity index (χ2n) is 5.53. The molecule has 0 aliphatic carbocycles. The maximum absolute atomic E-state index is 5.76. The molecule has 5 heteroatoms. The summed E-state index contributed by atoms with van der Waals surface area (Å²) >= 11 is 0. The third-order valence-electron chi connectivity index (χ3n) is 4.03. The lowest BCUT2D eigenvalue weighted by Crippen LogP contribution is -2.15. The van der Waals surface area contributed by atoms with Crippen LogP contribution in [0, 0.1) is 0 Å². The Kier molecular flexibility index (Phi) is 3.48. The minimum atomic E-state index is 0.270. The van der Waals surface area contributed by atoms with Gasteiger partial charge >= 0.3 is 0 Å². The molecule has 22 heavy (non-hydrogen) atoms. The molecule has 112 valence electrons. The molecule has 0 saturated carbocycles. The van der Waals surface area contributed by atoms with Crippen LogP contribution in [0.2, 0.25) is 0 Å². The van der Waals surface area contributed by atoms with E-state index in [-0.39, 0.29) is 6.10 Å². The highest BCUT2D eigenvalue weighted by Crippen LogP contribution is 2.30. The molecule has 0 amide bonds. The Labute approximate surface area is 129 Å². The van der Waals surface area contributed by atoms with Crippen molar-refractivity contribution in [3.05, 3.63) is 49.1 Å². The molecular formula is C17H18N4O. The van der Waals surface area contributed by atoms with Gasteiger partial charge in [-0.1, -0.05) is 30.3 Å². The van der Waals surface area contributed by atoms with E-state index in [9.17, 15) is 0 Å². The Hall–Kier alpha value is -2.40. The molecule has 3 aromatic rings. The minimum Gasteiger partial charge on any atom is -0.376 e. The standard InChI is InChI=1S/C17H18N4O/c1-2-5-13(6-3-1)15-16(17-18-8-9-19-17)21(12-20-15)11-14-7-4-10-22-14/h1-3,5-6,8-9,12,14H,4,7,10-11H2,(H,18,19)/t14-/m1/s1. The fourth-order valence-corrected chi connectivity index (χ4v) is 2.98. The lowest BCUT2D eigenvalue weighted by molar-refractivity contribution is 0.0973. The van der Waals surface area contributed by atoms with Crippen LogP contribution in [0.5, 0.6) is 0 Å². The van der Waals surface area contributed by atoms with Crippen molar-refractivity contribution in [3.63, 3.8) is 0 Å². The van der Waals surface area contributed by atoms with Gasteiger partial charge in [-0.15, -0.1) is 0 Å². The van der Waals surface area contributed by atoms with Crippen molar-refractivity contribution in [3.8, 4) is 22.8 Å². The number of aromatic amines is 1. The number of benzene rings is 1. The van der Waals surface area contributed by atoms with Gasteiger partial charge in [0.2, 0.25) is 0 Å². The van der Waals surface area contributed by atoms with E-state index in [2.05, 4.69) is 31.7 Å². The maximum Gasteiger partial charge on any atom is 0.156 e. The van der Waals surface area contributed by atoms with E-state index < -0.39 is 0 Å². The quantitative estimate of drug-likeness (QED) is 0.804. The molecule has 5 nitrogen and oxygen atoms in total. The Morgan fingerprint density at radius 3 is 2.86 bits per heavy atom. The molecule has 3 heterocycles. The van der Waals surface area contributed by atoms with Gasteiger partial charge in [0.1, 0.15) is 5.69 Å². The predicted octanol–water partition coefficient (Wildman–Crippen LogP) is 3.12. The highest BCUT2D eigenvalue weighted by Gasteiger charge is 2.21. The van der Waals surface area contributed by atoms with Crippen LogP contribution in [-0.2, 0) is 11.3 Å². The predicted molar refractivity (Wildman–Crippen MR) is 84.2 cm³/mol. The number of rotatable bonds is 4. The topological polar surface area (TPSA) is 55.7 Å². The number of nitrogens with zero attached hydrogens (tertiary/aromatic N) is 3. The fraction of sp³-hybridized carbons (Fsp3) is 0.294. The van der Waals surface area contributed by atoms with Gasteiger partial charge < -0.3 is 14.3 Å². The van der Waals surface area contributed by atoms with Crippen LogP contribution in [-0.4, -0.2) is 32.2 Å². The van der Waals surface area contributed by atoms with Crippen molar-refractivity contribution in [2.45, 2.75) is 25.5 Å². The summed E-state index contributed by atoms with van der Waals surface area (Å²) in [5.74, 6) is 0.842. The highest BCUT2D eigenvalue weighted by atomic mass is 16.5. The van der Waals surface area contributed by atoms with Gasteiger partial charge in [0, 0.05) is 24.6 Å². The lowest BCUT2D eigenvalue weighted by atomic mass is 10.1. The van der Waals surface area contributed by atoms with Gasteiger partial charge in [-0.05, 0) is 12.8 Å². The molecule has 1 atom stereocenters. The molecule has 1 aromatic carbocycles. The minimum absolute atomic E-state index is 0.270. The molecular weight excluding hydrogens is 276 g/mol. The van der Waals surface area contributed by atoms with Gasteiger partial charge in [0.15, 0.2) is 5.82 Å². The van der Waals surface area contributed by atoms with Crippen LogP contribution < -0.4 is 0 Å². The van der Waals surface area contributed by atoms with Crippen LogP contribution in [0.4, 0.5) is 0 Å². The molecule has 1 saturated heterocycles. The molecule has 1 aliphatic heterocycles. The van der Waals surface area contributed by atoms with E-state index in [1.165, 1.54) is 0 Å². The van der Waals surface area contributed by atoms with E-state index in [0.717, 1.165) is 48.8 Å². The Morgan fingerprint density at radius 1 is 1.23 bits per heavy atom. The Morgan fingerprint density at radius 2 is 2.14 bits per heavy atom. The van der Waals surface area contributed by atoms with E-state index in [1.807, 2.05) is 30.7 Å². The number of aromatic nitrogens is 4. The van der Waals surface area contributed by atoms with E-state index in [4.69, 9.17) is 4.74 Å². The summed E-state index contributed by atoms with van der Waals surface area (Å²) in [7, 11) is 0. The number of imidazole rings is 2. The monoisotopic (exact) mass is 294 g/mol. The van der Waals surface area contributed by atoms with Crippen molar-refractivity contribution in [1.82, 2.24) is 19.5 Å². The molecule has 1 aliphatic rings. The fourth-order valence-electron chi connectivity index (χ4n) is 2.98. The maximum atomic E-state index is 5.76. The summed E-state index contributed by atoms with van der Waals surface area (Å²) in [6.07, 6.45) is 8.02. The number of nitrogens with one attached hydrogen (secondary N) is 1. The first-order chi connectivity index (χ1) is 10.9. The van der Waals surface area contributed by atoms with Crippen molar-refractivity contribution in [2.24, 2.45) is 0 Å². The van der Waals surface area contributed by atoms with E-state index in [1.54, 1.807) is 6.20 Å². The first-order valence-corrected chi connectivity index (χ1v) is 7.64. The zero-order chi connectivity index (χ0) is 14.8. The van der Waals surface area contributed by atoms with Crippen molar-refractivity contribution >= 4 is 0 Å². The number of ether oxygens (including phenoxy) is 1. The molecule has 1 fully saturated rings. The smallest absolute Gasteiger partial charge is 0.156 e. The van der Waals surface area contributed by atoms with Gasteiger partial charge in [-0.25, -0.2) is 9.97 Å². The third-order valence-corrected chi connectivity index (χ3v) is 4.03. The van der Waals surface area contributed by atoms with Crippen LogP contribution in [0.1, 0.15) is 12.8 Å². The molecule has 0 unspecified atom stereocenters. The van der Waals surface area contributed by atoms with Gasteiger partial charge in [-0.3, -0.25) is 0 Å². The lowest BCUT2D eigenvalue weighted by Gasteiger charge is -2.13. The zero-order valence-corrected chi connectivity index (χ0v) is 12.3. The largest absolute Gasteiger partial charge is 0.376 e. The first kappa shape index (κ1) is 13.3. The first-order valence-electron chi connectivity index (χ1n) is 7.64.